The molecule has 1 aromatic heterocycles. The molecule has 1 N–H and O–H groups in total. The van der Waals surface area contributed by atoms with Crippen LogP contribution in [0.2, 0.25) is 0 Å². The molecule has 0 atom stereocenters. The Kier molecular flexibility index (Phi) is 6.04. The highest BCUT2D eigenvalue weighted by molar-refractivity contribution is 4.92. The Labute approximate surface area is 91.0 Å². The van der Waals surface area contributed by atoms with Crippen molar-refractivity contribution in [3.05, 3.63) is 17.8 Å². The number of nitrogens with one attached hydrogen (secondary N) is 1. The lowest BCUT2D eigenvalue weighted by molar-refractivity contribution is 0.162. The smallest absolute Gasteiger partial charge is 0.194 e. The number of aromatic nitrogens is 1. The number of rotatable bonds is 8. The Balaban J connectivity index is 2.14. The normalized spacial score (nSPS) is 10.8. The Morgan fingerprint density at radius 3 is 3.07 bits per heavy atom. The molecule has 0 aliphatic carbocycles. The van der Waals surface area contributed by atoms with Crippen LogP contribution in [0.5, 0.6) is 0 Å². The van der Waals surface area contributed by atoms with Gasteiger partial charge in [-0.2, -0.15) is 0 Å². The van der Waals surface area contributed by atoms with Gasteiger partial charge < -0.3 is 14.5 Å². The van der Waals surface area contributed by atoms with Crippen molar-refractivity contribution < 1.29 is 9.15 Å². The van der Waals surface area contributed by atoms with Gasteiger partial charge in [0, 0.05) is 13.5 Å². The first-order valence-corrected chi connectivity index (χ1v) is 5.50. The zero-order valence-corrected chi connectivity index (χ0v) is 9.58. The van der Waals surface area contributed by atoms with E-state index in [2.05, 4.69) is 17.2 Å². The Morgan fingerprint density at radius 2 is 2.33 bits per heavy atom. The Hall–Kier alpha value is -0.870. The molecule has 0 aliphatic heterocycles. The summed E-state index contributed by atoms with van der Waals surface area (Å²) in [5, 5.41) is 3.34. The third kappa shape index (κ3) is 4.95. The number of hydrogen-bond acceptors (Lipinski definition) is 4. The molecular weight excluding hydrogens is 192 g/mol. The van der Waals surface area contributed by atoms with Crippen LogP contribution in [0.15, 0.2) is 10.6 Å². The molecule has 0 unspecified atom stereocenters. The molecule has 0 amide bonds. The van der Waals surface area contributed by atoms with Gasteiger partial charge in [-0.25, -0.2) is 4.98 Å². The second kappa shape index (κ2) is 7.43. The Morgan fingerprint density at radius 1 is 1.47 bits per heavy atom. The fraction of sp³-hybridized carbons (Fsp3) is 0.727. The van der Waals surface area contributed by atoms with E-state index in [0.29, 0.717) is 6.61 Å². The molecule has 0 spiro atoms. The molecule has 4 heteroatoms. The minimum Gasteiger partial charge on any atom is -0.443 e. The van der Waals surface area contributed by atoms with Crippen molar-refractivity contribution >= 4 is 0 Å². The van der Waals surface area contributed by atoms with Gasteiger partial charge in [0.25, 0.3) is 0 Å². The summed E-state index contributed by atoms with van der Waals surface area (Å²) in [6.07, 6.45) is 4.86. The molecule has 15 heavy (non-hydrogen) atoms. The van der Waals surface area contributed by atoms with E-state index in [1.807, 2.05) is 0 Å². The van der Waals surface area contributed by atoms with Crippen LogP contribution in [0.4, 0.5) is 0 Å². The van der Waals surface area contributed by atoms with Crippen LogP contribution in [0.3, 0.4) is 0 Å². The fourth-order valence-electron chi connectivity index (χ4n) is 1.34. The molecule has 86 valence electrons. The minimum absolute atomic E-state index is 0.501. The maximum Gasteiger partial charge on any atom is 0.194 e. The molecule has 0 saturated heterocycles. The van der Waals surface area contributed by atoms with Crippen molar-refractivity contribution in [3.8, 4) is 0 Å². The highest BCUT2D eigenvalue weighted by Crippen LogP contribution is 2.06. The average molecular weight is 212 g/mol. The number of aryl methyl sites for hydroxylation is 1. The summed E-state index contributed by atoms with van der Waals surface area (Å²) in [6.45, 7) is 4.77. The molecule has 1 rings (SSSR count). The van der Waals surface area contributed by atoms with E-state index < -0.39 is 0 Å². The quantitative estimate of drug-likeness (QED) is 0.667. The fourth-order valence-corrected chi connectivity index (χ4v) is 1.34. The summed E-state index contributed by atoms with van der Waals surface area (Å²) in [6, 6.07) is 0. The number of hydrogen-bond donors (Lipinski definition) is 1. The molecule has 0 saturated carbocycles. The van der Waals surface area contributed by atoms with Crippen LogP contribution < -0.4 is 5.32 Å². The van der Waals surface area contributed by atoms with Crippen molar-refractivity contribution in [3.63, 3.8) is 0 Å². The van der Waals surface area contributed by atoms with E-state index in [4.69, 9.17) is 9.15 Å². The van der Waals surface area contributed by atoms with Gasteiger partial charge in [0.2, 0.25) is 0 Å². The van der Waals surface area contributed by atoms with Crippen molar-refractivity contribution in [2.75, 3.05) is 20.2 Å². The molecule has 0 aliphatic rings. The molecule has 0 fully saturated rings. The van der Waals surface area contributed by atoms with Gasteiger partial charge >= 0.3 is 0 Å². The molecule has 0 bridgehead atoms. The highest BCUT2D eigenvalue weighted by atomic mass is 16.5. The van der Waals surface area contributed by atoms with Crippen molar-refractivity contribution in [1.29, 1.82) is 0 Å². The lowest BCUT2D eigenvalue weighted by Crippen LogP contribution is -2.16. The van der Waals surface area contributed by atoms with E-state index in [0.717, 1.165) is 37.6 Å². The topological polar surface area (TPSA) is 47.3 Å². The summed E-state index contributed by atoms with van der Waals surface area (Å²) in [4.78, 5) is 4.18. The zero-order chi connectivity index (χ0) is 10.9. The van der Waals surface area contributed by atoms with Gasteiger partial charge in [0.05, 0.1) is 6.20 Å². The van der Waals surface area contributed by atoms with Crippen molar-refractivity contribution in [1.82, 2.24) is 10.3 Å². The lowest BCUT2D eigenvalue weighted by Gasteiger charge is -2.00. The number of nitrogens with zero attached hydrogens (tertiary/aromatic N) is 1. The summed E-state index contributed by atoms with van der Waals surface area (Å²) >= 11 is 0. The molecular formula is C11H20N2O2. The van der Waals surface area contributed by atoms with Gasteiger partial charge in [0.15, 0.2) is 5.89 Å². The largest absolute Gasteiger partial charge is 0.443 e. The first-order valence-electron chi connectivity index (χ1n) is 5.50. The number of methoxy groups -OCH3 is 1. The zero-order valence-electron chi connectivity index (χ0n) is 9.58. The Bertz CT molecular complexity index is 261. The first-order chi connectivity index (χ1) is 7.36. The van der Waals surface area contributed by atoms with Crippen LogP contribution in [0.25, 0.3) is 0 Å². The van der Waals surface area contributed by atoms with Crippen molar-refractivity contribution in [2.45, 2.75) is 32.8 Å². The predicted octanol–water partition coefficient (Wildman–Crippen LogP) is 1.75. The number of oxazole rings is 1. The minimum atomic E-state index is 0.501. The molecule has 0 aromatic carbocycles. The van der Waals surface area contributed by atoms with Crippen LogP contribution in [0.1, 0.15) is 31.4 Å². The van der Waals surface area contributed by atoms with Gasteiger partial charge in [-0.3, -0.25) is 0 Å². The van der Waals surface area contributed by atoms with Gasteiger partial charge in [-0.05, 0) is 25.9 Å². The van der Waals surface area contributed by atoms with Crippen LogP contribution >= 0.6 is 0 Å². The van der Waals surface area contributed by atoms with E-state index in [9.17, 15) is 0 Å². The maximum atomic E-state index is 5.47. The standard InChI is InChI=1S/C11H20N2O2/c1-3-6-12-7-4-5-11-13-8-10(15-11)9-14-2/h8,12H,3-7,9H2,1-2H3. The third-order valence-corrected chi connectivity index (χ3v) is 2.06. The van der Waals surface area contributed by atoms with Crippen molar-refractivity contribution in [2.24, 2.45) is 0 Å². The number of ether oxygens (including phenoxy) is 1. The van der Waals surface area contributed by atoms with Gasteiger partial charge in [-0.1, -0.05) is 6.92 Å². The van der Waals surface area contributed by atoms with E-state index in [1.165, 1.54) is 6.42 Å². The lowest BCUT2D eigenvalue weighted by atomic mass is 10.3. The summed E-state index contributed by atoms with van der Waals surface area (Å²) < 4.78 is 10.4. The first kappa shape index (κ1) is 12.2. The SMILES string of the molecule is CCCNCCCc1ncc(COC)o1. The summed E-state index contributed by atoms with van der Waals surface area (Å²) in [5.74, 6) is 1.61. The second-order valence-electron chi connectivity index (χ2n) is 3.51. The second-order valence-corrected chi connectivity index (χ2v) is 3.51. The third-order valence-electron chi connectivity index (χ3n) is 2.06. The predicted molar refractivity (Wildman–Crippen MR) is 58.7 cm³/mol. The maximum absolute atomic E-state index is 5.47. The highest BCUT2D eigenvalue weighted by Gasteiger charge is 2.02. The summed E-state index contributed by atoms with van der Waals surface area (Å²) in [5.41, 5.74) is 0. The molecule has 1 heterocycles. The monoisotopic (exact) mass is 212 g/mol. The van der Waals surface area contributed by atoms with E-state index >= 15 is 0 Å². The summed E-state index contributed by atoms with van der Waals surface area (Å²) in [7, 11) is 1.65. The molecule has 4 nitrogen and oxygen atoms in total. The van der Waals surface area contributed by atoms with Gasteiger partial charge in [0.1, 0.15) is 12.4 Å². The van der Waals surface area contributed by atoms with Crippen LogP contribution in [-0.2, 0) is 17.8 Å². The molecule has 1 aromatic rings. The van der Waals surface area contributed by atoms with E-state index in [-0.39, 0.29) is 0 Å². The average Bonchev–Trinajstić information content (AvgIpc) is 2.66. The molecule has 0 radical (unpaired) electrons. The van der Waals surface area contributed by atoms with Crippen LogP contribution in [0, 0.1) is 0 Å². The van der Waals surface area contributed by atoms with E-state index in [1.54, 1.807) is 13.3 Å². The van der Waals surface area contributed by atoms with Gasteiger partial charge in [-0.15, -0.1) is 0 Å². The van der Waals surface area contributed by atoms with Crippen LogP contribution in [-0.4, -0.2) is 25.2 Å².